The number of ether oxygens (including phenoxy) is 2. The van der Waals surface area contributed by atoms with E-state index in [0.717, 1.165) is 11.4 Å². The summed E-state index contributed by atoms with van der Waals surface area (Å²) in [5.41, 5.74) is 4.13. The number of ketones is 1. The Kier molecular flexibility index (Phi) is 5.55. The maximum atomic E-state index is 12.8. The number of carbonyl (C=O) groups excluding carboxylic acids is 3. The van der Waals surface area contributed by atoms with Crippen molar-refractivity contribution in [2.75, 3.05) is 13.7 Å². The molecule has 9 nitrogen and oxygen atoms in total. The van der Waals surface area contributed by atoms with Crippen LogP contribution >= 0.6 is 0 Å². The first-order valence-electron chi connectivity index (χ1n) is 9.76. The molecule has 162 valence electrons. The van der Waals surface area contributed by atoms with E-state index >= 15 is 0 Å². The number of carbonyl (C=O) groups is 3. The van der Waals surface area contributed by atoms with Crippen LogP contribution in [0.15, 0.2) is 55.0 Å². The number of nitrogens with zero attached hydrogens (tertiary/aromatic N) is 4. The first-order chi connectivity index (χ1) is 15.4. The Morgan fingerprint density at radius 1 is 0.969 bits per heavy atom. The quantitative estimate of drug-likeness (QED) is 0.341. The Bertz CT molecular complexity index is 1330. The molecule has 4 rings (SSSR count). The molecule has 0 fully saturated rings. The van der Waals surface area contributed by atoms with Gasteiger partial charge in [0.25, 0.3) is 0 Å². The molecule has 0 aliphatic rings. The first kappa shape index (κ1) is 21.0. The van der Waals surface area contributed by atoms with Gasteiger partial charge in [-0.3, -0.25) is 9.20 Å². The zero-order valence-corrected chi connectivity index (χ0v) is 17.7. The molecule has 0 radical (unpaired) electrons. The summed E-state index contributed by atoms with van der Waals surface area (Å²) in [4.78, 5) is 36.8. The maximum absolute atomic E-state index is 12.8. The second-order valence-electron chi connectivity index (χ2n) is 7.17. The maximum Gasteiger partial charge on any atom is 0.340 e. The minimum Gasteiger partial charge on any atom is -0.465 e. The van der Waals surface area contributed by atoms with Crippen LogP contribution < -0.4 is 0 Å². The van der Waals surface area contributed by atoms with E-state index in [1.165, 1.54) is 13.4 Å². The monoisotopic (exact) mass is 432 g/mol. The summed E-state index contributed by atoms with van der Waals surface area (Å²) >= 11 is 0. The minimum absolute atomic E-state index is 0.293. The Morgan fingerprint density at radius 2 is 1.69 bits per heavy atom. The summed E-state index contributed by atoms with van der Waals surface area (Å²) in [7, 11) is 1.33. The van der Waals surface area contributed by atoms with Crippen molar-refractivity contribution in [3.63, 3.8) is 0 Å². The van der Waals surface area contributed by atoms with E-state index in [-0.39, 0.29) is 12.4 Å². The van der Waals surface area contributed by atoms with Crippen LogP contribution in [-0.2, 0) is 9.47 Å². The Labute approximate surface area is 183 Å². The number of aromatic nitrogens is 4. The molecule has 1 aromatic carbocycles. The van der Waals surface area contributed by atoms with E-state index in [4.69, 9.17) is 9.47 Å². The van der Waals surface area contributed by atoms with E-state index in [1.54, 1.807) is 53.1 Å². The van der Waals surface area contributed by atoms with Gasteiger partial charge >= 0.3 is 11.9 Å². The first-order valence-corrected chi connectivity index (χ1v) is 9.76. The standard InChI is InChI=1S/C23H20N4O5/c1-14-10-19(15(2)27(14)18-7-4-16(5-8-18)22(29)31-3)20(28)12-32-23(30)17-6-9-21-25-24-13-26(21)11-17/h4-11,13H,12H2,1-3H3. The lowest BCUT2D eigenvalue weighted by Gasteiger charge is -2.11. The molecule has 4 aromatic rings. The molecule has 3 heterocycles. The lowest BCUT2D eigenvalue weighted by Crippen LogP contribution is -2.15. The second kappa shape index (κ2) is 8.46. The van der Waals surface area contributed by atoms with E-state index < -0.39 is 11.9 Å². The zero-order chi connectivity index (χ0) is 22.8. The van der Waals surface area contributed by atoms with Crippen LogP contribution in [0.1, 0.15) is 42.5 Å². The van der Waals surface area contributed by atoms with Gasteiger partial charge in [-0.25, -0.2) is 9.59 Å². The highest BCUT2D eigenvalue weighted by atomic mass is 16.5. The van der Waals surface area contributed by atoms with E-state index in [1.807, 2.05) is 18.4 Å². The van der Waals surface area contributed by atoms with Crippen molar-refractivity contribution in [2.45, 2.75) is 13.8 Å². The van der Waals surface area contributed by atoms with E-state index in [2.05, 4.69) is 10.2 Å². The van der Waals surface area contributed by atoms with Crippen LogP contribution in [0.2, 0.25) is 0 Å². The molecular weight excluding hydrogens is 412 g/mol. The summed E-state index contributed by atoms with van der Waals surface area (Å²) in [6.45, 7) is 3.30. The average molecular weight is 432 g/mol. The van der Waals surface area contributed by atoms with Crippen molar-refractivity contribution in [3.05, 3.63) is 83.1 Å². The SMILES string of the molecule is COC(=O)c1ccc(-n2c(C)cc(C(=O)COC(=O)c3ccc4nncn4c3)c2C)cc1. The number of rotatable bonds is 6. The number of Topliss-reactive ketones (excluding diaryl/α,β-unsaturated/α-hetero) is 1. The van der Waals surface area contributed by atoms with Crippen molar-refractivity contribution >= 4 is 23.4 Å². The smallest absolute Gasteiger partial charge is 0.340 e. The summed E-state index contributed by atoms with van der Waals surface area (Å²) in [5.74, 6) is -1.34. The molecule has 0 saturated heterocycles. The van der Waals surface area contributed by atoms with Gasteiger partial charge in [0.2, 0.25) is 5.78 Å². The minimum atomic E-state index is -0.610. The number of esters is 2. The summed E-state index contributed by atoms with van der Waals surface area (Å²) < 4.78 is 13.4. The lowest BCUT2D eigenvalue weighted by molar-refractivity contribution is 0.0474. The molecule has 0 atom stereocenters. The normalized spacial score (nSPS) is 10.8. The summed E-state index contributed by atoms with van der Waals surface area (Å²) in [6, 6.07) is 11.9. The molecule has 0 aliphatic heterocycles. The number of benzene rings is 1. The van der Waals surface area contributed by atoms with E-state index in [9.17, 15) is 14.4 Å². The average Bonchev–Trinajstić information content (AvgIpc) is 3.40. The van der Waals surface area contributed by atoms with Crippen LogP contribution in [0.5, 0.6) is 0 Å². The van der Waals surface area contributed by atoms with Crippen LogP contribution in [0.4, 0.5) is 0 Å². The molecule has 9 heteroatoms. The van der Waals surface area contributed by atoms with Crippen LogP contribution in [0, 0.1) is 13.8 Å². The van der Waals surface area contributed by atoms with Gasteiger partial charge in [-0.2, -0.15) is 0 Å². The van der Waals surface area contributed by atoms with Gasteiger partial charge in [-0.05, 0) is 56.3 Å². The van der Waals surface area contributed by atoms with Gasteiger partial charge in [0.05, 0.1) is 18.2 Å². The van der Waals surface area contributed by atoms with Gasteiger partial charge in [0.1, 0.15) is 6.33 Å². The third-order valence-corrected chi connectivity index (χ3v) is 5.14. The highest BCUT2D eigenvalue weighted by Crippen LogP contribution is 2.22. The third-order valence-electron chi connectivity index (χ3n) is 5.14. The topological polar surface area (TPSA) is 105 Å². The van der Waals surface area contributed by atoms with Crippen LogP contribution in [0.3, 0.4) is 0 Å². The molecule has 0 unspecified atom stereocenters. The van der Waals surface area contributed by atoms with Gasteiger partial charge in [-0.15, -0.1) is 10.2 Å². The fourth-order valence-corrected chi connectivity index (χ4v) is 3.55. The Balaban J connectivity index is 1.49. The summed E-state index contributed by atoms with van der Waals surface area (Å²) in [6.07, 6.45) is 3.02. The molecule has 0 saturated carbocycles. The number of methoxy groups -OCH3 is 1. The number of pyridine rings is 1. The van der Waals surface area contributed by atoms with Crippen molar-refractivity contribution in [3.8, 4) is 5.69 Å². The Morgan fingerprint density at radius 3 is 2.41 bits per heavy atom. The van der Waals surface area contributed by atoms with Crippen molar-refractivity contribution in [1.29, 1.82) is 0 Å². The number of hydrogen-bond donors (Lipinski definition) is 0. The highest BCUT2D eigenvalue weighted by molar-refractivity contribution is 6.00. The fourth-order valence-electron chi connectivity index (χ4n) is 3.55. The van der Waals surface area contributed by atoms with Crippen molar-refractivity contribution in [1.82, 2.24) is 19.2 Å². The predicted molar refractivity (Wildman–Crippen MR) is 114 cm³/mol. The van der Waals surface area contributed by atoms with Gasteiger partial charge in [0.15, 0.2) is 12.3 Å². The predicted octanol–water partition coefficient (Wildman–Crippen LogP) is 2.96. The largest absolute Gasteiger partial charge is 0.465 e. The third kappa shape index (κ3) is 3.87. The van der Waals surface area contributed by atoms with Crippen molar-refractivity contribution < 1.29 is 23.9 Å². The molecule has 0 bridgehead atoms. The molecule has 3 aromatic heterocycles. The van der Waals surface area contributed by atoms with Gasteiger partial charge < -0.3 is 14.0 Å². The van der Waals surface area contributed by atoms with Crippen LogP contribution in [0.25, 0.3) is 11.3 Å². The molecular formula is C23H20N4O5. The molecule has 0 amide bonds. The van der Waals surface area contributed by atoms with Crippen LogP contribution in [-0.4, -0.2) is 50.6 Å². The summed E-state index contributed by atoms with van der Waals surface area (Å²) in [5, 5.41) is 7.64. The number of aryl methyl sites for hydroxylation is 1. The molecule has 0 aliphatic carbocycles. The molecule has 0 N–H and O–H groups in total. The Hall–Kier alpha value is -4.27. The van der Waals surface area contributed by atoms with E-state index in [0.29, 0.717) is 28.0 Å². The highest BCUT2D eigenvalue weighted by Gasteiger charge is 2.19. The van der Waals surface area contributed by atoms with Gasteiger partial charge in [0, 0.05) is 28.8 Å². The number of hydrogen-bond acceptors (Lipinski definition) is 7. The lowest BCUT2D eigenvalue weighted by atomic mass is 10.1. The molecule has 0 spiro atoms. The molecule has 32 heavy (non-hydrogen) atoms. The second-order valence-corrected chi connectivity index (χ2v) is 7.17. The van der Waals surface area contributed by atoms with Crippen molar-refractivity contribution in [2.24, 2.45) is 0 Å². The van der Waals surface area contributed by atoms with Gasteiger partial charge in [-0.1, -0.05) is 0 Å². The zero-order valence-electron chi connectivity index (χ0n) is 17.7. The fraction of sp³-hybridized carbons (Fsp3) is 0.174. The number of fused-ring (bicyclic) bond motifs is 1.